The van der Waals surface area contributed by atoms with Crippen molar-refractivity contribution >= 4 is 5.96 Å². The summed E-state index contributed by atoms with van der Waals surface area (Å²) in [5.41, 5.74) is 0.187. The summed E-state index contributed by atoms with van der Waals surface area (Å²) in [6, 6.07) is 6.47. The van der Waals surface area contributed by atoms with Gasteiger partial charge in [0.25, 0.3) is 0 Å². The summed E-state index contributed by atoms with van der Waals surface area (Å²) in [5, 5.41) is 13.9. The lowest BCUT2D eigenvalue weighted by molar-refractivity contribution is -0.0606. The van der Waals surface area contributed by atoms with E-state index in [1.165, 1.54) is 12.1 Å². The fraction of sp³-hybridized carbons (Fsp3) is 0.650. The molecular weight excluding hydrogens is 333 g/mol. The van der Waals surface area contributed by atoms with Gasteiger partial charge in [-0.05, 0) is 44.4 Å². The Kier molecular flexibility index (Phi) is 7.41. The van der Waals surface area contributed by atoms with E-state index in [0.717, 1.165) is 24.6 Å². The number of aliphatic imine (C=N–C) groups is 1. The molecule has 1 aromatic carbocycles. The summed E-state index contributed by atoms with van der Waals surface area (Å²) < 4.78 is 19.3. The van der Waals surface area contributed by atoms with Gasteiger partial charge in [0.2, 0.25) is 0 Å². The molecule has 2 N–H and O–H groups in total. The first-order valence-electron chi connectivity index (χ1n) is 9.57. The van der Waals surface area contributed by atoms with Gasteiger partial charge in [-0.3, -0.25) is 4.99 Å². The Morgan fingerprint density at radius 1 is 1.27 bits per heavy atom. The van der Waals surface area contributed by atoms with Gasteiger partial charge in [-0.1, -0.05) is 26.0 Å². The van der Waals surface area contributed by atoms with Crippen molar-refractivity contribution in [2.75, 3.05) is 26.2 Å². The van der Waals surface area contributed by atoms with E-state index in [1.54, 1.807) is 12.1 Å². The molecule has 0 aromatic heterocycles. The minimum Gasteiger partial charge on any atom is -0.388 e. The second-order valence-corrected chi connectivity index (χ2v) is 6.99. The molecule has 0 aliphatic carbocycles. The average molecular weight is 365 g/mol. The molecule has 0 spiro atoms. The van der Waals surface area contributed by atoms with Crippen molar-refractivity contribution in [3.63, 3.8) is 0 Å². The van der Waals surface area contributed by atoms with Gasteiger partial charge in [-0.25, -0.2) is 4.39 Å². The number of aliphatic hydroxyl groups is 1. The highest BCUT2D eigenvalue weighted by Gasteiger charge is 2.29. The average Bonchev–Trinajstić information content (AvgIpc) is 2.65. The van der Waals surface area contributed by atoms with Crippen LogP contribution in [0.1, 0.15) is 52.2 Å². The summed E-state index contributed by atoms with van der Waals surface area (Å²) in [7, 11) is 0. The summed E-state index contributed by atoms with van der Waals surface area (Å²) in [6.07, 6.45) is 1.23. The van der Waals surface area contributed by atoms with Gasteiger partial charge < -0.3 is 20.1 Å². The fourth-order valence-corrected chi connectivity index (χ4v) is 3.11. The number of ether oxygens (including phenoxy) is 1. The minimum atomic E-state index is -0.769. The van der Waals surface area contributed by atoms with Gasteiger partial charge in [0, 0.05) is 13.1 Å². The molecule has 2 atom stereocenters. The van der Waals surface area contributed by atoms with Crippen LogP contribution in [0.3, 0.4) is 0 Å². The third kappa shape index (κ3) is 5.42. The highest BCUT2D eigenvalue weighted by atomic mass is 19.1. The van der Waals surface area contributed by atoms with Crippen molar-refractivity contribution in [3.05, 3.63) is 35.6 Å². The first-order valence-corrected chi connectivity index (χ1v) is 9.57. The number of hydrogen-bond donors (Lipinski definition) is 2. The predicted octanol–water partition coefficient (Wildman–Crippen LogP) is 3.10. The largest absolute Gasteiger partial charge is 0.388 e. The van der Waals surface area contributed by atoms with E-state index >= 15 is 0 Å². The number of rotatable bonds is 6. The molecule has 2 rings (SSSR count). The van der Waals surface area contributed by atoms with Crippen molar-refractivity contribution in [2.24, 2.45) is 4.99 Å². The van der Waals surface area contributed by atoms with E-state index in [2.05, 4.69) is 10.2 Å². The molecule has 1 aromatic rings. The summed E-state index contributed by atoms with van der Waals surface area (Å²) in [4.78, 5) is 6.86. The maximum atomic E-state index is 13.2. The molecule has 1 aliphatic rings. The van der Waals surface area contributed by atoms with Gasteiger partial charge in [0.15, 0.2) is 5.96 Å². The highest BCUT2D eigenvalue weighted by molar-refractivity contribution is 5.80. The molecule has 146 valence electrons. The molecular formula is C20H32FN3O2. The summed E-state index contributed by atoms with van der Waals surface area (Å²) in [5.74, 6) is 0.540. The summed E-state index contributed by atoms with van der Waals surface area (Å²) >= 11 is 0. The molecule has 26 heavy (non-hydrogen) atoms. The van der Waals surface area contributed by atoms with E-state index in [-0.39, 0.29) is 18.0 Å². The van der Waals surface area contributed by atoms with Crippen LogP contribution < -0.4 is 5.32 Å². The molecule has 0 bridgehead atoms. The van der Waals surface area contributed by atoms with Gasteiger partial charge in [-0.2, -0.15) is 0 Å². The first kappa shape index (κ1) is 20.6. The van der Waals surface area contributed by atoms with Crippen LogP contribution in [-0.2, 0) is 4.74 Å². The van der Waals surface area contributed by atoms with E-state index in [4.69, 9.17) is 9.73 Å². The lowest BCUT2D eigenvalue weighted by atomic mass is 9.98. The van der Waals surface area contributed by atoms with Crippen molar-refractivity contribution in [2.45, 2.75) is 58.3 Å². The zero-order chi connectivity index (χ0) is 19.2. The van der Waals surface area contributed by atoms with Gasteiger partial charge in [-0.15, -0.1) is 0 Å². The van der Waals surface area contributed by atoms with E-state index in [9.17, 15) is 9.50 Å². The molecule has 0 saturated carbocycles. The molecule has 0 amide bonds. The van der Waals surface area contributed by atoms with Crippen molar-refractivity contribution in [1.82, 2.24) is 10.2 Å². The van der Waals surface area contributed by atoms with Crippen LogP contribution in [0.2, 0.25) is 0 Å². The van der Waals surface area contributed by atoms with Crippen LogP contribution in [0.25, 0.3) is 0 Å². The third-order valence-electron chi connectivity index (χ3n) is 4.98. The Labute approximate surface area is 156 Å². The Hall–Kier alpha value is -1.66. The Balaban J connectivity index is 2.17. The van der Waals surface area contributed by atoms with E-state index in [1.807, 2.05) is 27.7 Å². The van der Waals surface area contributed by atoms with Crippen LogP contribution in [0, 0.1) is 5.82 Å². The lowest BCUT2D eigenvalue weighted by Crippen LogP contribution is -2.51. The van der Waals surface area contributed by atoms with Crippen LogP contribution in [0.15, 0.2) is 29.3 Å². The van der Waals surface area contributed by atoms with Crippen molar-refractivity contribution in [3.8, 4) is 0 Å². The van der Waals surface area contributed by atoms with Crippen LogP contribution >= 0.6 is 0 Å². The number of nitrogens with one attached hydrogen (secondary N) is 1. The zero-order valence-corrected chi connectivity index (χ0v) is 16.3. The maximum Gasteiger partial charge on any atom is 0.194 e. The number of nitrogens with zero attached hydrogens (tertiary/aromatic N) is 2. The standard InChI is InChI=1S/C20H32FN3O2/c1-5-20(25,6-2)14-23-19(22-7-3)24-12-15(4)26-18(13-24)16-8-10-17(21)11-9-16/h8-11,15,18,25H,5-7,12-14H2,1-4H3,(H,22,23). The van der Waals surface area contributed by atoms with Gasteiger partial charge in [0.05, 0.1) is 24.8 Å². The van der Waals surface area contributed by atoms with E-state index < -0.39 is 5.60 Å². The number of morpholine rings is 1. The third-order valence-corrected chi connectivity index (χ3v) is 4.98. The van der Waals surface area contributed by atoms with Crippen molar-refractivity contribution < 1.29 is 14.2 Å². The Morgan fingerprint density at radius 3 is 2.50 bits per heavy atom. The highest BCUT2D eigenvalue weighted by Crippen LogP contribution is 2.25. The number of benzene rings is 1. The molecule has 5 nitrogen and oxygen atoms in total. The quantitative estimate of drug-likeness (QED) is 0.601. The molecule has 1 aliphatic heterocycles. The van der Waals surface area contributed by atoms with Gasteiger partial charge >= 0.3 is 0 Å². The molecule has 0 radical (unpaired) electrons. The normalized spacial score (nSPS) is 21.8. The zero-order valence-electron chi connectivity index (χ0n) is 16.3. The Morgan fingerprint density at radius 2 is 1.92 bits per heavy atom. The smallest absolute Gasteiger partial charge is 0.194 e. The van der Waals surface area contributed by atoms with Crippen molar-refractivity contribution in [1.29, 1.82) is 0 Å². The Bertz CT molecular complexity index is 587. The number of hydrogen-bond acceptors (Lipinski definition) is 3. The van der Waals surface area contributed by atoms with E-state index in [0.29, 0.717) is 25.9 Å². The monoisotopic (exact) mass is 365 g/mol. The SMILES string of the molecule is CCNC(=NCC(O)(CC)CC)N1CC(C)OC(c2ccc(F)cc2)C1. The molecule has 1 saturated heterocycles. The second kappa shape index (κ2) is 9.33. The minimum absolute atomic E-state index is 0.0268. The molecule has 2 unspecified atom stereocenters. The van der Waals surface area contributed by atoms with Crippen LogP contribution in [0.5, 0.6) is 0 Å². The van der Waals surface area contributed by atoms with Gasteiger partial charge in [0.1, 0.15) is 11.9 Å². The van der Waals surface area contributed by atoms with Crippen LogP contribution in [-0.4, -0.2) is 53.9 Å². The number of guanidine groups is 1. The number of halogens is 1. The first-order chi connectivity index (χ1) is 12.4. The summed E-state index contributed by atoms with van der Waals surface area (Å²) in [6.45, 7) is 10.5. The second-order valence-electron chi connectivity index (χ2n) is 6.99. The van der Waals surface area contributed by atoms with Crippen LogP contribution in [0.4, 0.5) is 4.39 Å². The molecule has 6 heteroatoms. The maximum absolute atomic E-state index is 13.2. The topological polar surface area (TPSA) is 57.1 Å². The molecule has 1 fully saturated rings. The fourth-order valence-electron chi connectivity index (χ4n) is 3.11. The molecule has 1 heterocycles. The lowest BCUT2D eigenvalue weighted by Gasteiger charge is -2.39. The predicted molar refractivity (Wildman–Crippen MR) is 103 cm³/mol.